The third-order valence-corrected chi connectivity index (χ3v) is 4.75. The zero-order valence-corrected chi connectivity index (χ0v) is 16.8. The van der Waals surface area contributed by atoms with Gasteiger partial charge in [0, 0.05) is 23.4 Å². The second-order valence-corrected chi connectivity index (χ2v) is 6.94. The van der Waals surface area contributed by atoms with Gasteiger partial charge in [-0.25, -0.2) is 0 Å². The van der Waals surface area contributed by atoms with Crippen LogP contribution in [0.1, 0.15) is 22.8 Å². The van der Waals surface area contributed by atoms with E-state index >= 15 is 0 Å². The lowest BCUT2D eigenvalue weighted by molar-refractivity contribution is 0.102. The number of anilines is 1. The van der Waals surface area contributed by atoms with Gasteiger partial charge in [0.15, 0.2) is 5.43 Å². The summed E-state index contributed by atoms with van der Waals surface area (Å²) in [5.74, 6) is 0.833. The highest BCUT2D eigenvalue weighted by Crippen LogP contribution is 2.31. The number of hydrogen-bond acceptors (Lipinski definition) is 4. The summed E-state index contributed by atoms with van der Waals surface area (Å²) in [6.45, 7) is 4.37. The van der Waals surface area contributed by atoms with Crippen LogP contribution in [0.2, 0.25) is 0 Å². The van der Waals surface area contributed by atoms with E-state index in [1.54, 1.807) is 30.3 Å². The molecular formula is C25H21NO4. The van der Waals surface area contributed by atoms with Gasteiger partial charge in [-0.15, -0.1) is 0 Å². The first-order valence-corrected chi connectivity index (χ1v) is 9.73. The van der Waals surface area contributed by atoms with Crippen LogP contribution in [0, 0.1) is 6.92 Å². The molecule has 0 aliphatic carbocycles. The van der Waals surface area contributed by atoms with Crippen molar-refractivity contribution in [2.24, 2.45) is 0 Å². The number of benzene rings is 3. The van der Waals surface area contributed by atoms with Gasteiger partial charge in [0.2, 0.25) is 0 Å². The largest absolute Gasteiger partial charge is 0.493 e. The summed E-state index contributed by atoms with van der Waals surface area (Å²) >= 11 is 0. The van der Waals surface area contributed by atoms with Crippen molar-refractivity contribution in [3.8, 4) is 17.1 Å². The molecule has 3 aromatic carbocycles. The van der Waals surface area contributed by atoms with Crippen LogP contribution < -0.4 is 15.5 Å². The molecule has 0 bridgehead atoms. The van der Waals surface area contributed by atoms with Gasteiger partial charge in [0.25, 0.3) is 5.91 Å². The maximum atomic E-state index is 12.6. The van der Waals surface area contributed by atoms with E-state index in [0.717, 1.165) is 5.56 Å². The van der Waals surface area contributed by atoms with Crippen LogP contribution in [0.5, 0.6) is 5.75 Å². The molecule has 0 saturated heterocycles. The molecular weight excluding hydrogens is 378 g/mol. The van der Waals surface area contributed by atoms with E-state index in [4.69, 9.17) is 9.15 Å². The standard InChI is InChI=1S/C25H21NO4/c1-3-29-22-7-5-4-6-20(22)24-15-21(27)19-13-12-18(14-23(19)30-24)26-25(28)17-10-8-16(2)9-11-17/h4-15H,3H2,1-2H3,(H,26,28). The van der Waals surface area contributed by atoms with Crippen LogP contribution >= 0.6 is 0 Å². The quantitative estimate of drug-likeness (QED) is 0.487. The summed E-state index contributed by atoms with van der Waals surface area (Å²) in [5.41, 5.74) is 3.12. The number of ether oxygens (including phenoxy) is 1. The lowest BCUT2D eigenvalue weighted by atomic mass is 10.1. The van der Waals surface area contributed by atoms with Gasteiger partial charge in [-0.3, -0.25) is 9.59 Å². The predicted molar refractivity (Wildman–Crippen MR) is 118 cm³/mol. The summed E-state index contributed by atoms with van der Waals surface area (Å²) in [5, 5.41) is 3.30. The minimum atomic E-state index is -0.227. The molecule has 0 spiro atoms. The molecule has 5 heteroatoms. The van der Waals surface area contributed by atoms with Crippen molar-refractivity contribution >= 4 is 22.6 Å². The molecule has 150 valence electrons. The molecule has 0 saturated carbocycles. The molecule has 1 amide bonds. The van der Waals surface area contributed by atoms with Gasteiger partial charge in [0.05, 0.1) is 17.6 Å². The van der Waals surface area contributed by atoms with Crippen LogP contribution in [0.25, 0.3) is 22.3 Å². The van der Waals surface area contributed by atoms with Gasteiger partial charge >= 0.3 is 0 Å². The van der Waals surface area contributed by atoms with Crippen LogP contribution in [0.15, 0.2) is 82.0 Å². The van der Waals surface area contributed by atoms with E-state index in [2.05, 4.69) is 5.32 Å². The van der Waals surface area contributed by atoms with Crippen molar-refractivity contribution in [2.45, 2.75) is 13.8 Å². The van der Waals surface area contributed by atoms with Gasteiger partial charge < -0.3 is 14.5 Å². The highest BCUT2D eigenvalue weighted by molar-refractivity contribution is 6.05. The number of rotatable bonds is 5. The lowest BCUT2D eigenvalue weighted by Crippen LogP contribution is -2.12. The van der Waals surface area contributed by atoms with Gasteiger partial charge in [-0.2, -0.15) is 0 Å². The Hall–Kier alpha value is -3.86. The fourth-order valence-corrected chi connectivity index (χ4v) is 3.23. The number of nitrogens with one attached hydrogen (secondary N) is 1. The molecule has 1 heterocycles. The fraction of sp³-hybridized carbons (Fsp3) is 0.120. The van der Waals surface area contributed by atoms with Gasteiger partial charge in [-0.1, -0.05) is 29.8 Å². The Bertz CT molecular complexity index is 1270. The molecule has 30 heavy (non-hydrogen) atoms. The smallest absolute Gasteiger partial charge is 0.255 e. The number of hydrogen-bond donors (Lipinski definition) is 1. The summed E-state index contributed by atoms with van der Waals surface area (Å²) < 4.78 is 11.7. The molecule has 4 rings (SSSR count). The van der Waals surface area contributed by atoms with E-state index in [-0.39, 0.29) is 11.3 Å². The third-order valence-electron chi connectivity index (χ3n) is 4.75. The Balaban J connectivity index is 1.71. The predicted octanol–water partition coefficient (Wildman–Crippen LogP) is 5.42. The molecule has 5 nitrogen and oxygen atoms in total. The Morgan fingerprint density at radius 2 is 1.77 bits per heavy atom. The van der Waals surface area contributed by atoms with Crippen molar-refractivity contribution in [3.05, 3.63) is 94.1 Å². The van der Waals surface area contributed by atoms with Crippen molar-refractivity contribution in [2.75, 3.05) is 11.9 Å². The average molecular weight is 399 g/mol. The lowest BCUT2D eigenvalue weighted by Gasteiger charge is -2.10. The average Bonchev–Trinajstić information content (AvgIpc) is 2.74. The van der Waals surface area contributed by atoms with Crippen LogP contribution in [0.4, 0.5) is 5.69 Å². The monoisotopic (exact) mass is 399 g/mol. The number of para-hydroxylation sites is 1. The second kappa shape index (κ2) is 8.25. The highest BCUT2D eigenvalue weighted by atomic mass is 16.5. The zero-order valence-electron chi connectivity index (χ0n) is 16.8. The van der Waals surface area contributed by atoms with Crippen molar-refractivity contribution in [1.29, 1.82) is 0 Å². The minimum Gasteiger partial charge on any atom is -0.493 e. The zero-order chi connectivity index (χ0) is 21.1. The van der Waals surface area contributed by atoms with E-state index in [9.17, 15) is 9.59 Å². The van der Waals surface area contributed by atoms with Crippen LogP contribution in [0.3, 0.4) is 0 Å². The Labute approximate surface area is 173 Å². The number of aryl methyl sites for hydroxylation is 1. The van der Waals surface area contributed by atoms with E-state index in [1.807, 2.05) is 50.2 Å². The van der Waals surface area contributed by atoms with E-state index in [0.29, 0.717) is 45.9 Å². The van der Waals surface area contributed by atoms with E-state index < -0.39 is 0 Å². The maximum absolute atomic E-state index is 12.6. The number of amides is 1. The number of carbonyl (C=O) groups is 1. The molecule has 4 aromatic rings. The Morgan fingerprint density at radius 1 is 1.00 bits per heavy atom. The molecule has 0 fully saturated rings. The van der Waals surface area contributed by atoms with E-state index in [1.165, 1.54) is 6.07 Å². The normalized spacial score (nSPS) is 10.7. The molecule has 0 radical (unpaired) electrons. The summed E-state index contributed by atoms with van der Waals surface area (Å²) in [6, 6.07) is 21.2. The third kappa shape index (κ3) is 3.96. The first kappa shape index (κ1) is 19.5. The topological polar surface area (TPSA) is 68.5 Å². The van der Waals surface area contributed by atoms with Gasteiger partial charge in [0.1, 0.15) is 17.1 Å². The second-order valence-electron chi connectivity index (χ2n) is 6.94. The summed E-state index contributed by atoms with van der Waals surface area (Å²) in [7, 11) is 0. The first-order chi connectivity index (χ1) is 14.5. The molecule has 0 aliphatic rings. The molecule has 1 aromatic heterocycles. The van der Waals surface area contributed by atoms with Crippen molar-refractivity contribution in [3.63, 3.8) is 0 Å². The number of carbonyl (C=O) groups excluding carboxylic acids is 1. The summed E-state index contributed by atoms with van der Waals surface area (Å²) in [4.78, 5) is 25.2. The maximum Gasteiger partial charge on any atom is 0.255 e. The summed E-state index contributed by atoms with van der Waals surface area (Å²) in [6.07, 6.45) is 0. The highest BCUT2D eigenvalue weighted by Gasteiger charge is 2.13. The van der Waals surface area contributed by atoms with Gasteiger partial charge in [-0.05, 0) is 50.2 Å². The molecule has 1 N–H and O–H groups in total. The molecule has 0 atom stereocenters. The number of fused-ring (bicyclic) bond motifs is 1. The van der Waals surface area contributed by atoms with Crippen LogP contribution in [-0.2, 0) is 0 Å². The molecule has 0 aliphatic heterocycles. The SMILES string of the molecule is CCOc1ccccc1-c1cc(=O)c2ccc(NC(=O)c3ccc(C)cc3)cc2o1. The fourth-order valence-electron chi connectivity index (χ4n) is 3.23. The molecule has 0 unspecified atom stereocenters. The van der Waals surface area contributed by atoms with Crippen LogP contribution in [-0.4, -0.2) is 12.5 Å². The van der Waals surface area contributed by atoms with Crippen molar-refractivity contribution < 1.29 is 13.9 Å². The minimum absolute atomic E-state index is 0.158. The Kier molecular flexibility index (Phi) is 5.35. The Morgan fingerprint density at radius 3 is 2.53 bits per heavy atom. The first-order valence-electron chi connectivity index (χ1n) is 9.73. The van der Waals surface area contributed by atoms with Crippen molar-refractivity contribution in [1.82, 2.24) is 0 Å².